The fourth-order valence-corrected chi connectivity index (χ4v) is 4.39. The highest BCUT2D eigenvalue weighted by molar-refractivity contribution is 5.28. The molecule has 2 nitrogen and oxygen atoms in total. The van der Waals surface area contributed by atoms with Gasteiger partial charge in [0.2, 0.25) is 0 Å². The third kappa shape index (κ3) is 4.96. The zero-order valence-corrected chi connectivity index (χ0v) is 17.0. The number of unbranched alkanes of at least 4 members (excludes halogenated alkanes) is 2. The highest BCUT2D eigenvalue weighted by Gasteiger charge is 2.41. The molecule has 1 atom stereocenters. The van der Waals surface area contributed by atoms with E-state index in [4.69, 9.17) is 0 Å². The number of benzene rings is 2. The van der Waals surface area contributed by atoms with E-state index in [1.54, 1.807) is 0 Å². The van der Waals surface area contributed by atoms with Crippen molar-refractivity contribution in [3.8, 4) is 0 Å². The lowest BCUT2D eigenvalue weighted by Gasteiger charge is -2.45. The molecule has 0 radical (unpaired) electrons. The molecule has 0 spiro atoms. The number of nitrogens with one attached hydrogen (secondary N) is 2. The monoisotopic (exact) mass is 352 g/mol. The first-order valence-electron chi connectivity index (χ1n) is 10.1. The molecule has 0 saturated heterocycles. The second-order valence-corrected chi connectivity index (χ2v) is 7.62. The lowest BCUT2D eigenvalue weighted by atomic mass is 9.66. The van der Waals surface area contributed by atoms with Crippen molar-refractivity contribution in [2.75, 3.05) is 14.1 Å². The first-order chi connectivity index (χ1) is 12.6. The Morgan fingerprint density at radius 1 is 0.769 bits per heavy atom. The summed E-state index contributed by atoms with van der Waals surface area (Å²) in [6.07, 6.45) is 6.42. The van der Waals surface area contributed by atoms with Crippen LogP contribution in [0.15, 0.2) is 60.7 Å². The minimum Gasteiger partial charge on any atom is -0.304 e. The van der Waals surface area contributed by atoms with E-state index >= 15 is 0 Å². The zero-order chi connectivity index (χ0) is 18.8. The Balaban J connectivity index is 2.06. The largest absolute Gasteiger partial charge is 0.304 e. The molecule has 2 aromatic rings. The highest BCUT2D eigenvalue weighted by atomic mass is 15.1. The van der Waals surface area contributed by atoms with Gasteiger partial charge in [-0.1, -0.05) is 87.4 Å². The van der Waals surface area contributed by atoms with Gasteiger partial charge in [0.1, 0.15) is 0 Å². The van der Waals surface area contributed by atoms with Crippen molar-refractivity contribution >= 4 is 0 Å². The van der Waals surface area contributed by atoms with Crippen molar-refractivity contribution in [1.29, 1.82) is 0 Å². The maximum absolute atomic E-state index is 3.53. The summed E-state index contributed by atoms with van der Waals surface area (Å²) < 4.78 is 0. The molecule has 0 heterocycles. The van der Waals surface area contributed by atoms with Crippen molar-refractivity contribution in [3.63, 3.8) is 0 Å². The van der Waals surface area contributed by atoms with Crippen LogP contribution in [0, 0.1) is 5.92 Å². The predicted molar refractivity (Wildman–Crippen MR) is 113 cm³/mol. The van der Waals surface area contributed by atoms with Gasteiger partial charge in [0, 0.05) is 5.41 Å². The highest BCUT2D eigenvalue weighted by Crippen LogP contribution is 2.40. The Hall–Kier alpha value is -1.64. The first-order valence-corrected chi connectivity index (χ1v) is 10.1. The normalized spacial score (nSPS) is 13.9. The summed E-state index contributed by atoms with van der Waals surface area (Å²) in [7, 11) is 4.13. The Morgan fingerprint density at radius 2 is 1.35 bits per heavy atom. The van der Waals surface area contributed by atoms with Crippen LogP contribution in [0.4, 0.5) is 0 Å². The van der Waals surface area contributed by atoms with E-state index in [1.807, 2.05) is 0 Å². The minimum atomic E-state index is 0.0947. The predicted octanol–water partition coefficient (Wildman–Crippen LogP) is 5.15. The van der Waals surface area contributed by atoms with Gasteiger partial charge < -0.3 is 10.6 Å². The van der Waals surface area contributed by atoms with E-state index < -0.39 is 0 Å². The van der Waals surface area contributed by atoms with Gasteiger partial charge in [0.25, 0.3) is 0 Å². The second-order valence-electron chi connectivity index (χ2n) is 7.62. The van der Waals surface area contributed by atoms with Crippen LogP contribution in [0.25, 0.3) is 0 Å². The number of rotatable bonds is 11. The summed E-state index contributed by atoms with van der Waals surface area (Å²) in [5, 5.41) is 7.06. The smallest absolute Gasteiger partial charge is 0.0668 e. The average molecular weight is 353 g/mol. The van der Waals surface area contributed by atoms with Crippen molar-refractivity contribution < 1.29 is 0 Å². The molecular formula is C24H36N2. The Kier molecular flexibility index (Phi) is 8.34. The fourth-order valence-electron chi connectivity index (χ4n) is 4.39. The van der Waals surface area contributed by atoms with E-state index in [-0.39, 0.29) is 11.6 Å². The lowest BCUT2D eigenvalue weighted by molar-refractivity contribution is 0.179. The molecule has 2 heteroatoms. The number of hydrogen-bond acceptors (Lipinski definition) is 2. The van der Waals surface area contributed by atoms with Gasteiger partial charge in [-0.2, -0.15) is 0 Å². The summed E-state index contributed by atoms with van der Waals surface area (Å²) in [6, 6.07) is 21.9. The third-order valence-electron chi connectivity index (χ3n) is 5.83. The van der Waals surface area contributed by atoms with E-state index in [0.717, 1.165) is 0 Å². The van der Waals surface area contributed by atoms with E-state index in [2.05, 4.69) is 99.2 Å². The standard InChI is InChI=1S/C24H36N2/c1-20(2)24(23(25-3)26-4,22-17-11-6-12-18-22)19-13-7-10-16-21-14-8-5-9-15-21/h5-6,8-9,11-12,14-15,17-18,20,23,25-26H,7,10,13,16,19H2,1-4H3. The Bertz CT molecular complexity index is 605. The molecule has 0 aliphatic heterocycles. The molecule has 0 aromatic heterocycles. The van der Waals surface area contributed by atoms with Gasteiger partial charge in [-0.05, 0) is 50.4 Å². The van der Waals surface area contributed by atoms with Crippen LogP contribution in [0.3, 0.4) is 0 Å². The maximum Gasteiger partial charge on any atom is 0.0668 e. The second kappa shape index (κ2) is 10.5. The van der Waals surface area contributed by atoms with Crippen molar-refractivity contribution in [2.24, 2.45) is 5.92 Å². The zero-order valence-electron chi connectivity index (χ0n) is 17.0. The SMILES string of the molecule is CNC(NC)C(CCCCCc1ccccc1)(c1ccccc1)C(C)C. The topological polar surface area (TPSA) is 24.1 Å². The van der Waals surface area contributed by atoms with Gasteiger partial charge in [-0.25, -0.2) is 0 Å². The van der Waals surface area contributed by atoms with Crippen LogP contribution < -0.4 is 10.6 Å². The molecule has 0 aliphatic rings. The van der Waals surface area contributed by atoms with Crippen molar-refractivity contribution in [2.45, 2.75) is 57.5 Å². The molecular weight excluding hydrogens is 316 g/mol. The molecule has 1 unspecified atom stereocenters. The molecule has 0 bridgehead atoms. The third-order valence-corrected chi connectivity index (χ3v) is 5.83. The van der Waals surface area contributed by atoms with E-state index in [9.17, 15) is 0 Å². The summed E-state index contributed by atoms with van der Waals surface area (Å²) in [4.78, 5) is 0. The molecule has 2 N–H and O–H groups in total. The average Bonchev–Trinajstić information content (AvgIpc) is 2.68. The first kappa shape index (κ1) is 20.7. The van der Waals surface area contributed by atoms with Gasteiger partial charge in [0.15, 0.2) is 0 Å². The molecule has 2 rings (SSSR count). The van der Waals surface area contributed by atoms with E-state index in [0.29, 0.717) is 5.92 Å². The van der Waals surface area contributed by atoms with Crippen LogP contribution in [0.2, 0.25) is 0 Å². The number of likely N-dealkylation sites (N-methyl/N-ethyl adjacent to an activating group) is 2. The van der Waals surface area contributed by atoms with Gasteiger partial charge in [0.05, 0.1) is 6.17 Å². The quantitative estimate of drug-likeness (QED) is 0.432. The van der Waals surface area contributed by atoms with Gasteiger partial charge >= 0.3 is 0 Å². The molecule has 0 amide bonds. The number of hydrogen-bond donors (Lipinski definition) is 2. The molecule has 0 fully saturated rings. The van der Waals surface area contributed by atoms with Gasteiger partial charge in [-0.3, -0.25) is 0 Å². The van der Waals surface area contributed by atoms with Crippen LogP contribution in [0.1, 0.15) is 50.7 Å². The summed E-state index contributed by atoms with van der Waals surface area (Å²) in [5.74, 6) is 0.545. The molecule has 142 valence electrons. The molecule has 0 aliphatic carbocycles. The molecule has 26 heavy (non-hydrogen) atoms. The van der Waals surface area contributed by atoms with Crippen LogP contribution >= 0.6 is 0 Å². The summed E-state index contributed by atoms with van der Waals surface area (Å²) >= 11 is 0. The van der Waals surface area contributed by atoms with E-state index in [1.165, 1.54) is 43.2 Å². The molecule has 2 aromatic carbocycles. The van der Waals surface area contributed by atoms with Crippen LogP contribution in [0.5, 0.6) is 0 Å². The summed E-state index contributed by atoms with van der Waals surface area (Å²) in [5.41, 5.74) is 2.98. The summed E-state index contributed by atoms with van der Waals surface area (Å²) in [6.45, 7) is 4.72. The van der Waals surface area contributed by atoms with Crippen molar-refractivity contribution in [3.05, 3.63) is 71.8 Å². The number of aryl methyl sites for hydroxylation is 1. The minimum absolute atomic E-state index is 0.0947. The van der Waals surface area contributed by atoms with Crippen LogP contribution in [-0.2, 0) is 11.8 Å². The van der Waals surface area contributed by atoms with Crippen molar-refractivity contribution in [1.82, 2.24) is 10.6 Å². The van der Waals surface area contributed by atoms with Gasteiger partial charge in [-0.15, -0.1) is 0 Å². The maximum atomic E-state index is 3.53. The Labute approximate surface area is 160 Å². The Morgan fingerprint density at radius 3 is 1.88 bits per heavy atom. The van der Waals surface area contributed by atoms with Crippen LogP contribution in [-0.4, -0.2) is 20.3 Å². The fraction of sp³-hybridized carbons (Fsp3) is 0.500. The lowest BCUT2D eigenvalue weighted by Crippen LogP contribution is -2.57. The molecule has 0 saturated carbocycles.